The number of hydrogen-bond acceptors (Lipinski definition) is 3. The van der Waals surface area contributed by atoms with Gasteiger partial charge in [-0.1, -0.05) is 19.8 Å². The maximum absolute atomic E-state index is 5.21. The minimum absolute atomic E-state index is 0.321. The molecule has 1 atom stereocenters. The Bertz CT molecular complexity index is 369. The molecule has 1 fully saturated rings. The standard InChI is InChI=1S/C15H27N3O/c1-12-4-6-14(7-5-12)10-17-15-16-8-9-18(15)13(2)11-19-3/h8-9,12-14H,4-7,10-11H2,1-3H3,(H,16,17). The molecule has 108 valence electrons. The highest BCUT2D eigenvalue weighted by atomic mass is 16.5. The van der Waals surface area contributed by atoms with E-state index in [1.54, 1.807) is 7.11 Å². The Morgan fingerprint density at radius 3 is 2.84 bits per heavy atom. The number of nitrogens with zero attached hydrogens (tertiary/aromatic N) is 2. The van der Waals surface area contributed by atoms with Gasteiger partial charge < -0.3 is 14.6 Å². The van der Waals surface area contributed by atoms with E-state index in [2.05, 4.69) is 28.7 Å². The molecule has 1 aliphatic carbocycles. The molecule has 4 heteroatoms. The summed E-state index contributed by atoms with van der Waals surface area (Å²) in [5, 5.41) is 3.51. The lowest BCUT2D eigenvalue weighted by molar-refractivity contribution is 0.163. The lowest BCUT2D eigenvalue weighted by Crippen LogP contribution is -2.22. The molecule has 1 N–H and O–H groups in total. The van der Waals surface area contributed by atoms with Crippen LogP contribution in [-0.2, 0) is 4.74 Å². The number of hydrogen-bond donors (Lipinski definition) is 1. The first-order valence-corrected chi connectivity index (χ1v) is 7.46. The van der Waals surface area contributed by atoms with Crippen molar-refractivity contribution in [2.75, 3.05) is 25.6 Å². The van der Waals surface area contributed by atoms with Crippen molar-refractivity contribution in [3.63, 3.8) is 0 Å². The monoisotopic (exact) mass is 265 g/mol. The van der Waals surface area contributed by atoms with Crippen molar-refractivity contribution in [1.29, 1.82) is 0 Å². The quantitative estimate of drug-likeness (QED) is 0.857. The fourth-order valence-corrected chi connectivity index (χ4v) is 2.90. The number of anilines is 1. The summed E-state index contributed by atoms with van der Waals surface area (Å²) in [6.45, 7) is 6.27. The van der Waals surface area contributed by atoms with Crippen molar-refractivity contribution < 1.29 is 4.74 Å². The molecule has 1 aromatic rings. The van der Waals surface area contributed by atoms with E-state index < -0.39 is 0 Å². The average Bonchev–Trinajstić information content (AvgIpc) is 2.87. The lowest BCUT2D eigenvalue weighted by Gasteiger charge is -2.26. The van der Waals surface area contributed by atoms with Gasteiger partial charge in [0.05, 0.1) is 12.6 Å². The summed E-state index contributed by atoms with van der Waals surface area (Å²) in [5.41, 5.74) is 0. The Labute approximate surface area is 116 Å². The van der Waals surface area contributed by atoms with Crippen LogP contribution in [0.4, 0.5) is 5.95 Å². The Balaban J connectivity index is 1.84. The van der Waals surface area contributed by atoms with Gasteiger partial charge in [-0.05, 0) is 31.6 Å². The Kier molecular flexibility index (Phi) is 5.25. The van der Waals surface area contributed by atoms with Gasteiger partial charge in [0.1, 0.15) is 0 Å². The van der Waals surface area contributed by atoms with E-state index in [0.717, 1.165) is 24.3 Å². The van der Waals surface area contributed by atoms with Gasteiger partial charge in [0.25, 0.3) is 0 Å². The Morgan fingerprint density at radius 2 is 2.16 bits per heavy atom. The van der Waals surface area contributed by atoms with Crippen LogP contribution in [0.1, 0.15) is 45.6 Å². The number of imidazole rings is 1. The van der Waals surface area contributed by atoms with Crippen LogP contribution < -0.4 is 5.32 Å². The predicted molar refractivity (Wildman–Crippen MR) is 78.4 cm³/mol. The number of aromatic nitrogens is 2. The second-order valence-electron chi connectivity index (χ2n) is 5.97. The highest BCUT2D eigenvalue weighted by molar-refractivity contribution is 5.26. The molecule has 0 radical (unpaired) electrons. The van der Waals surface area contributed by atoms with Crippen LogP contribution >= 0.6 is 0 Å². The number of methoxy groups -OCH3 is 1. The van der Waals surface area contributed by atoms with Gasteiger partial charge in [-0.15, -0.1) is 0 Å². The molecule has 0 spiro atoms. The van der Waals surface area contributed by atoms with E-state index in [0.29, 0.717) is 12.6 Å². The zero-order valence-corrected chi connectivity index (χ0v) is 12.4. The van der Waals surface area contributed by atoms with Gasteiger partial charge in [0, 0.05) is 26.0 Å². The van der Waals surface area contributed by atoms with Crippen molar-refractivity contribution >= 4 is 5.95 Å². The van der Waals surface area contributed by atoms with Gasteiger partial charge in [0.2, 0.25) is 5.95 Å². The molecule has 2 rings (SSSR count). The SMILES string of the molecule is COCC(C)n1ccnc1NCC1CCC(C)CC1. The van der Waals surface area contributed by atoms with E-state index in [4.69, 9.17) is 4.74 Å². The topological polar surface area (TPSA) is 39.1 Å². The third kappa shape index (κ3) is 3.96. The molecule has 19 heavy (non-hydrogen) atoms. The van der Waals surface area contributed by atoms with E-state index in [1.165, 1.54) is 25.7 Å². The smallest absolute Gasteiger partial charge is 0.203 e. The largest absolute Gasteiger partial charge is 0.383 e. The summed E-state index contributed by atoms with van der Waals surface area (Å²) in [4.78, 5) is 4.42. The van der Waals surface area contributed by atoms with E-state index in [9.17, 15) is 0 Å². The molecule has 0 aliphatic heterocycles. The first-order chi connectivity index (χ1) is 9.20. The van der Waals surface area contributed by atoms with Gasteiger partial charge in [-0.2, -0.15) is 0 Å². The number of rotatable bonds is 6. The average molecular weight is 265 g/mol. The molecule has 0 amide bonds. The highest BCUT2D eigenvalue weighted by Gasteiger charge is 2.18. The van der Waals surface area contributed by atoms with Crippen LogP contribution in [0.2, 0.25) is 0 Å². The van der Waals surface area contributed by atoms with E-state index >= 15 is 0 Å². The minimum atomic E-state index is 0.321. The summed E-state index contributed by atoms with van der Waals surface area (Å²) >= 11 is 0. The molecule has 0 aromatic carbocycles. The summed E-state index contributed by atoms with van der Waals surface area (Å²) in [6, 6.07) is 0.321. The Morgan fingerprint density at radius 1 is 1.42 bits per heavy atom. The molecular weight excluding hydrogens is 238 g/mol. The van der Waals surface area contributed by atoms with Crippen molar-refractivity contribution in [1.82, 2.24) is 9.55 Å². The second kappa shape index (κ2) is 6.94. The van der Waals surface area contributed by atoms with Crippen LogP contribution in [0.3, 0.4) is 0 Å². The van der Waals surface area contributed by atoms with Crippen LogP contribution in [-0.4, -0.2) is 29.8 Å². The molecule has 4 nitrogen and oxygen atoms in total. The highest BCUT2D eigenvalue weighted by Crippen LogP contribution is 2.28. The number of nitrogens with one attached hydrogen (secondary N) is 1. The molecular formula is C15H27N3O. The third-order valence-electron chi connectivity index (χ3n) is 4.24. The lowest BCUT2D eigenvalue weighted by atomic mass is 9.83. The molecule has 0 saturated heterocycles. The molecule has 1 heterocycles. The van der Waals surface area contributed by atoms with Crippen molar-refractivity contribution in [2.24, 2.45) is 11.8 Å². The van der Waals surface area contributed by atoms with Crippen molar-refractivity contribution in [2.45, 2.75) is 45.6 Å². The fraction of sp³-hybridized carbons (Fsp3) is 0.800. The Hall–Kier alpha value is -1.03. The molecule has 1 saturated carbocycles. The van der Waals surface area contributed by atoms with Gasteiger partial charge in [-0.3, -0.25) is 0 Å². The van der Waals surface area contributed by atoms with Gasteiger partial charge in [0.15, 0.2) is 0 Å². The first kappa shape index (κ1) is 14.4. The van der Waals surface area contributed by atoms with E-state index in [1.807, 2.05) is 12.4 Å². The van der Waals surface area contributed by atoms with Crippen LogP contribution in [0.25, 0.3) is 0 Å². The second-order valence-corrected chi connectivity index (χ2v) is 5.97. The van der Waals surface area contributed by atoms with E-state index in [-0.39, 0.29) is 0 Å². The maximum atomic E-state index is 5.21. The predicted octanol–water partition coefficient (Wildman–Crippen LogP) is 3.33. The first-order valence-electron chi connectivity index (χ1n) is 7.46. The summed E-state index contributed by atoms with van der Waals surface area (Å²) in [7, 11) is 1.74. The summed E-state index contributed by atoms with van der Waals surface area (Å²) in [5.74, 6) is 2.70. The zero-order chi connectivity index (χ0) is 13.7. The van der Waals surface area contributed by atoms with Crippen molar-refractivity contribution in [3.8, 4) is 0 Å². The number of ether oxygens (including phenoxy) is 1. The minimum Gasteiger partial charge on any atom is -0.383 e. The fourth-order valence-electron chi connectivity index (χ4n) is 2.90. The van der Waals surface area contributed by atoms with Crippen LogP contribution in [0, 0.1) is 11.8 Å². The van der Waals surface area contributed by atoms with Crippen molar-refractivity contribution in [3.05, 3.63) is 12.4 Å². The third-order valence-corrected chi connectivity index (χ3v) is 4.24. The zero-order valence-electron chi connectivity index (χ0n) is 12.4. The van der Waals surface area contributed by atoms with Crippen LogP contribution in [0.15, 0.2) is 12.4 Å². The van der Waals surface area contributed by atoms with Gasteiger partial charge in [-0.25, -0.2) is 4.98 Å². The maximum Gasteiger partial charge on any atom is 0.203 e. The molecule has 0 bridgehead atoms. The molecule has 1 unspecified atom stereocenters. The summed E-state index contributed by atoms with van der Waals surface area (Å²) < 4.78 is 7.37. The summed E-state index contributed by atoms with van der Waals surface area (Å²) in [6.07, 6.45) is 9.33. The van der Waals surface area contributed by atoms with Gasteiger partial charge >= 0.3 is 0 Å². The molecule has 1 aromatic heterocycles. The molecule has 1 aliphatic rings. The van der Waals surface area contributed by atoms with Crippen LogP contribution in [0.5, 0.6) is 0 Å². The normalized spacial score (nSPS) is 25.2.